The molecule has 1 N–H and O–H groups in total. The van der Waals surface area contributed by atoms with E-state index < -0.39 is 29.7 Å². The largest absolute Gasteiger partial charge is 0.480 e. The Balaban J connectivity index is 1.89. The third-order valence-electron chi connectivity index (χ3n) is 3.88. The second-order valence-electron chi connectivity index (χ2n) is 6.08. The van der Waals surface area contributed by atoms with Crippen LogP contribution in [0.5, 0.6) is 0 Å². The minimum atomic E-state index is -1.11. The van der Waals surface area contributed by atoms with Crippen LogP contribution in [0, 0.1) is 11.6 Å². The number of carbonyl (C=O) groups is 1. The molecular weight excluding hydrogens is 390 g/mol. The highest BCUT2D eigenvalue weighted by Gasteiger charge is 2.15. The average molecular weight is 406 g/mol. The molecule has 0 atom stereocenters. The Kier molecular flexibility index (Phi) is 5.88. The molecule has 3 rings (SSSR count). The zero-order valence-electron chi connectivity index (χ0n) is 14.8. The van der Waals surface area contributed by atoms with Crippen LogP contribution in [-0.2, 0) is 30.6 Å². The van der Waals surface area contributed by atoms with E-state index in [2.05, 4.69) is 10.1 Å². The van der Waals surface area contributed by atoms with E-state index in [0.717, 1.165) is 23.4 Å². The lowest BCUT2D eigenvalue weighted by Crippen LogP contribution is -2.22. The first-order valence-electron chi connectivity index (χ1n) is 8.19. The Morgan fingerprint density at radius 1 is 1.25 bits per heavy atom. The lowest BCUT2D eigenvalue weighted by Gasteiger charge is -2.12. The van der Waals surface area contributed by atoms with Crippen LogP contribution in [0.25, 0.3) is 0 Å². The van der Waals surface area contributed by atoms with Crippen LogP contribution in [0.3, 0.4) is 0 Å². The fourth-order valence-corrected chi connectivity index (χ4v) is 3.54. The summed E-state index contributed by atoms with van der Waals surface area (Å²) in [5.41, 5.74) is 0.689. The molecule has 2 heterocycles. The fraction of sp³-hybridized carbons (Fsp3) is 0.222. The number of hydrogen-bond donors (Lipinski definition) is 1. The van der Waals surface area contributed by atoms with E-state index in [4.69, 9.17) is 5.11 Å². The van der Waals surface area contributed by atoms with Crippen molar-refractivity contribution in [3.05, 3.63) is 75.5 Å². The average Bonchev–Trinajstić information content (AvgIpc) is 3.04. The van der Waals surface area contributed by atoms with Gasteiger partial charge in [-0.2, -0.15) is 10.1 Å². The summed E-state index contributed by atoms with van der Waals surface area (Å²) in [5, 5.41) is 13.3. The zero-order valence-corrected chi connectivity index (χ0v) is 15.6. The smallest absolute Gasteiger partial charge is 0.323 e. The molecule has 0 saturated carbocycles. The minimum Gasteiger partial charge on any atom is -0.480 e. The van der Waals surface area contributed by atoms with Gasteiger partial charge in [-0.05, 0) is 11.6 Å². The molecule has 1 aromatic carbocycles. The molecule has 0 bridgehead atoms. The highest BCUT2D eigenvalue weighted by atomic mass is 32.2. The van der Waals surface area contributed by atoms with Crippen LogP contribution >= 0.6 is 11.8 Å². The van der Waals surface area contributed by atoms with Crippen molar-refractivity contribution >= 4 is 17.7 Å². The van der Waals surface area contributed by atoms with Gasteiger partial charge < -0.3 is 9.67 Å². The summed E-state index contributed by atoms with van der Waals surface area (Å²) in [6, 6.07) is 3.81. The summed E-state index contributed by atoms with van der Waals surface area (Å²) in [4.78, 5) is 27.5. The molecular formula is C18H16F2N4O3S. The molecule has 28 heavy (non-hydrogen) atoms. The third kappa shape index (κ3) is 4.63. The van der Waals surface area contributed by atoms with Gasteiger partial charge in [-0.25, -0.2) is 8.78 Å². The number of hydrogen-bond acceptors (Lipinski definition) is 5. The quantitative estimate of drug-likeness (QED) is 0.478. The number of carboxylic acid groups (broad SMARTS) is 1. The third-order valence-corrected chi connectivity index (χ3v) is 4.92. The van der Waals surface area contributed by atoms with E-state index in [1.165, 1.54) is 22.9 Å². The summed E-state index contributed by atoms with van der Waals surface area (Å²) in [6.07, 6.45) is 5.04. The summed E-state index contributed by atoms with van der Waals surface area (Å²) in [6.45, 7) is -0.415. The molecule has 0 radical (unpaired) electrons. The second kappa shape index (κ2) is 8.34. The van der Waals surface area contributed by atoms with Crippen molar-refractivity contribution in [2.75, 3.05) is 0 Å². The number of thioether (sulfide) groups is 1. The number of rotatable bonds is 7. The van der Waals surface area contributed by atoms with Gasteiger partial charge in [-0.1, -0.05) is 23.9 Å². The van der Waals surface area contributed by atoms with Crippen LogP contribution < -0.4 is 5.56 Å². The number of carboxylic acids is 1. The Morgan fingerprint density at radius 3 is 2.71 bits per heavy atom. The van der Waals surface area contributed by atoms with Crippen LogP contribution in [0.15, 0.2) is 46.7 Å². The Bertz CT molecular complexity index is 1080. The SMILES string of the molecule is Cn1cc(Cc2cn(CC(=O)O)c(SCc3cccc(F)c3F)nc2=O)cn1. The predicted molar refractivity (Wildman–Crippen MR) is 98.1 cm³/mol. The first-order chi connectivity index (χ1) is 13.3. The maximum atomic E-state index is 13.8. The van der Waals surface area contributed by atoms with Crippen molar-refractivity contribution in [3.63, 3.8) is 0 Å². The molecule has 0 unspecified atom stereocenters. The van der Waals surface area contributed by atoms with Crippen molar-refractivity contribution in [2.45, 2.75) is 23.9 Å². The van der Waals surface area contributed by atoms with E-state index in [0.29, 0.717) is 5.56 Å². The van der Waals surface area contributed by atoms with Crippen LogP contribution in [-0.4, -0.2) is 30.4 Å². The van der Waals surface area contributed by atoms with E-state index in [-0.39, 0.29) is 22.9 Å². The first-order valence-corrected chi connectivity index (χ1v) is 9.17. The topological polar surface area (TPSA) is 90.0 Å². The minimum absolute atomic E-state index is 0.00238. The fourth-order valence-electron chi connectivity index (χ4n) is 2.60. The standard InChI is InChI=1S/C18H16F2N4O3S/c1-23-7-11(6-21-23)5-13-8-24(9-15(25)26)18(22-17(13)27)28-10-12-3-2-4-14(19)16(12)20/h2-4,6-8H,5,9-10H2,1H3,(H,25,26). The molecule has 0 aliphatic heterocycles. The van der Waals surface area contributed by atoms with Crippen molar-refractivity contribution < 1.29 is 18.7 Å². The van der Waals surface area contributed by atoms with E-state index >= 15 is 0 Å². The molecule has 10 heteroatoms. The van der Waals surface area contributed by atoms with Gasteiger partial charge in [0.2, 0.25) is 0 Å². The van der Waals surface area contributed by atoms with Gasteiger partial charge in [0.05, 0.1) is 6.20 Å². The van der Waals surface area contributed by atoms with Gasteiger partial charge >= 0.3 is 5.97 Å². The number of aromatic nitrogens is 4. The molecule has 0 aliphatic carbocycles. The van der Waals surface area contributed by atoms with Crippen molar-refractivity contribution in [1.82, 2.24) is 19.3 Å². The molecule has 2 aromatic heterocycles. The van der Waals surface area contributed by atoms with E-state index in [1.807, 2.05) is 0 Å². The van der Waals surface area contributed by atoms with Gasteiger partial charge in [0.1, 0.15) is 6.54 Å². The van der Waals surface area contributed by atoms with Crippen molar-refractivity contribution in [1.29, 1.82) is 0 Å². The molecule has 3 aromatic rings. The number of aryl methyl sites for hydroxylation is 1. The molecule has 0 saturated heterocycles. The number of halogens is 2. The first kappa shape index (κ1) is 19.7. The maximum Gasteiger partial charge on any atom is 0.323 e. The predicted octanol–water partition coefficient (Wildman–Crippen LogP) is 2.22. The maximum absolute atomic E-state index is 13.8. The number of aliphatic carboxylic acids is 1. The highest BCUT2D eigenvalue weighted by molar-refractivity contribution is 7.98. The lowest BCUT2D eigenvalue weighted by molar-refractivity contribution is -0.137. The Morgan fingerprint density at radius 2 is 2.04 bits per heavy atom. The zero-order chi connectivity index (χ0) is 20.3. The molecule has 0 amide bonds. The monoisotopic (exact) mass is 406 g/mol. The van der Waals surface area contributed by atoms with Gasteiger partial charge in [0.25, 0.3) is 5.56 Å². The summed E-state index contributed by atoms with van der Waals surface area (Å²) >= 11 is 0.964. The molecule has 0 spiro atoms. The van der Waals surface area contributed by atoms with Gasteiger partial charge in [-0.15, -0.1) is 0 Å². The lowest BCUT2D eigenvalue weighted by atomic mass is 10.1. The Labute approximate surface area is 162 Å². The summed E-state index contributed by atoms with van der Waals surface area (Å²) in [7, 11) is 1.75. The van der Waals surface area contributed by atoms with E-state index in [9.17, 15) is 18.4 Å². The van der Waals surface area contributed by atoms with Gasteiger partial charge in [0, 0.05) is 42.7 Å². The van der Waals surface area contributed by atoms with Crippen LogP contribution in [0.4, 0.5) is 8.78 Å². The molecule has 0 fully saturated rings. The number of benzene rings is 1. The van der Waals surface area contributed by atoms with Crippen molar-refractivity contribution in [3.8, 4) is 0 Å². The molecule has 7 nitrogen and oxygen atoms in total. The van der Waals surface area contributed by atoms with Crippen LogP contribution in [0.2, 0.25) is 0 Å². The van der Waals surface area contributed by atoms with E-state index in [1.54, 1.807) is 24.1 Å². The van der Waals surface area contributed by atoms with Gasteiger partial charge in [0.15, 0.2) is 16.8 Å². The van der Waals surface area contributed by atoms with Gasteiger partial charge in [-0.3, -0.25) is 14.3 Å². The molecule has 0 aliphatic rings. The highest BCUT2D eigenvalue weighted by Crippen LogP contribution is 2.23. The summed E-state index contributed by atoms with van der Waals surface area (Å²) < 4.78 is 30.1. The number of nitrogens with zero attached hydrogens (tertiary/aromatic N) is 4. The molecule has 146 valence electrons. The summed E-state index contributed by atoms with van der Waals surface area (Å²) in [5.74, 6) is -3.06. The van der Waals surface area contributed by atoms with Crippen molar-refractivity contribution in [2.24, 2.45) is 7.05 Å². The Hall–Kier alpha value is -3.01. The normalized spacial score (nSPS) is 11.0. The second-order valence-corrected chi connectivity index (χ2v) is 7.02. The van der Waals surface area contributed by atoms with Crippen LogP contribution in [0.1, 0.15) is 16.7 Å².